The van der Waals surface area contributed by atoms with Crippen LogP contribution in [0.4, 0.5) is 10.5 Å². The Hall–Kier alpha value is -2.01. The predicted octanol–water partition coefficient (Wildman–Crippen LogP) is 3.17. The normalized spacial score (nSPS) is 10.7. The van der Waals surface area contributed by atoms with E-state index in [1.807, 2.05) is 0 Å². The number of nitro groups is 1. The standard InChI is InChI=1S/C9H4Cl3N3O5.C3H5ClO2/c10-9(11,12)13-7(16)14(20-8(13)17)5-1-3-6(4-2-5)15(18)19;1-2-6-3(4)5/h1-4H;2H2,1H3. The van der Waals surface area contributed by atoms with Gasteiger partial charge in [-0.05, 0) is 19.1 Å². The molecule has 0 aliphatic carbocycles. The van der Waals surface area contributed by atoms with Gasteiger partial charge < -0.3 is 9.26 Å². The second kappa shape index (κ2) is 9.08. The maximum Gasteiger partial charge on any atom is 0.446 e. The smallest absolute Gasteiger partial charge is 0.446 e. The van der Waals surface area contributed by atoms with E-state index in [1.54, 1.807) is 6.92 Å². The van der Waals surface area contributed by atoms with Crippen molar-refractivity contribution in [2.45, 2.75) is 10.8 Å². The fourth-order valence-electron chi connectivity index (χ4n) is 1.53. The van der Waals surface area contributed by atoms with Crippen molar-refractivity contribution in [3.05, 3.63) is 55.4 Å². The van der Waals surface area contributed by atoms with Crippen LogP contribution in [-0.4, -0.2) is 26.3 Å². The number of hydrogen-bond donors (Lipinski definition) is 0. The first kappa shape index (κ1) is 22.0. The van der Waals surface area contributed by atoms with Gasteiger partial charge in [0.2, 0.25) is 0 Å². The molecule has 10 nitrogen and oxygen atoms in total. The molecule has 0 bridgehead atoms. The lowest BCUT2D eigenvalue weighted by Crippen LogP contribution is -2.35. The molecule has 0 N–H and O–H groups in total. The van der Waals surface area contributed by atoms with Crippen molar-refractivity contribution >= 4 is 57.5 Å². The molecular weight excluding hydrogens is 440 g/mol. The molecule has 2 aromatic rings. The van der Waals surface area contributed by atoms with Crippen molar-refractivity contribution in [2.24, 2.45) is 0 Å². The summed E-state index contributed by atoms with van der Waals surface area (Å²) in [6, 6.07) is 4.69. The van der Waals surface area contributed by atoms with E-state index < -0.39 is 25.7 Å². The fourth-order valence-corrected chi connectivity index (χ4v) is 2.06. The minimum absolute atomic E-state index is 0.0747. The maximum absolute atomic E-state index is 11.9. The third-order valence-electron chi connectivity index (χ3n) is 2.52. The van der Waals surface area contributed by atoms with Crippen LogP contribution in [0.5, 0.6) is 0 Å². The Labute approximate surface area is 164 Å². The number of carbonyl (C=O) groups is 1. The summed E-state index contributed by atoms with van der Waals surface area (Å²) >= 11 is 21.1. The number of halogens is 4. The highest BCUT2D eigenvalue weighted by molar-refractivity contribution is 6.64. The van der Waals surface area contributed by atoms with Gasteiger partial charge in [0.25, 0.3) is 9.60 Å². The molecule has 1 heterocycles. The molecule has 0 amide bonds. The lowest BCUT2D eigenvalue weighted by atomic mass is 10.3. The Bertz CT molecular complexity index is 895. The van der Waals surface area contributed by atoms with E-state index in [9.17, 15) is 24.5 Å². The summed E-state index contributed by atoms with van der Waals surface area (Å²) in [6.45, 7) is 2.04. The van der Waals surface area contributed by atoms with Gasteiger partial charge in [-0.25, -0.2) is 14.4 Å². The molecule has 1 aromatic heterocycles. The lowest BCUT2D eigenvalue weighted by Gasteiger charge is -2.06. The van der Waals surface area contributed by atoms with E-state index in [0.717, 1.165) is 12.1 Å². The molecule has 0 fully saturated rings. The first-order chi connectivity index (χ1) is 12.0. The summed E-state index contributed by atoms with van der Waals surface area (Å²) in [5, 5.41) is 10.5. The average Bonchev–Trinajstić information content (AvgIpc) is 2.82. The summed E-state index contributed by atoms with van der Waals surface area (Å²) in [5.74, 6) is -1.17. The van der Waals surface area contributed by atoms with Crippen LogP contribution >= 0.6 is 46.4 Å². The monoisotopic (exact) mass is 447 g/mol. The van der Waals surface area contributed by atoms with Crippen LogP contribution in [0.1, 0.15) is 6.92 Å². The molecule has 0 aliphatic rings. The van der Waals surface area contributed by atoms with Crippen molar-refractivity contribution < 1.29 is 19.0 Å². The first-order valence-corrected chi connectivity index (χ1v) is 7.99. The van der Waals surface area contributed by atoms with Crippen molar-refractivity contribution in [1.29, 1.82) is 0 Å². The average molecular weight is 449 g/mol. The van der Waals surface area contributed by atoms with E-state index in [0.29, 0.717) is 11.3 Å². The summed E-state index contributed by atoms with van der Waals surface area (Å²) in [7, 11) is 0. The van der Waals surface area contributed by atoms with E-state index in [4.69, 9.17) is 46.4 Å². The topological polar surface area (TPSA) is 127 Å². The van der Waals surface area contributed by atoms with Crippen LogP contribution < -0.4 is 11.4 Å². The second-order valence-electron chi connectivity index (χ2n) is 4.18. The van der Waals surface area contributed by atoms with Crippen LogP contribution in [-0.2, 0) is 8.65 Å². The molecule has 26 heavy (non-hydrogen) atoms. The number of hydrogen-bond acceptors (Lipinski definition) is 7. The predicted molar refractivity (Wildman–Crippen MR) is 93.6 cm³/mol. The highest BCUT2D eigenvalue weighted by Gasteiger charge is 2.31. The quantitative estimate of drug-likeness (QED) is 0.305. The number of carbonyl (C=O) groups excluding carboxylic acids is 1. The van der Waals surface area contributed by atoms with Gasteiger partial charge in [-0.2, -0.15) is 4.57 Å². The van der Waals surface area contributed by atoms with Gasteiger partial charge in [-0.1, -0.05) is 34.8 Å². The molecular formula is C12H9Cl4N3O7. The Kier molecular flexibility index (Phi) is 7.69. The Morgan fingerprint density at radius 2 is 1.81 bits per heavy atom. The highest BCUT2D eigenvalue weighted by Crippen LogP contribution is 2.29. The first-order valence-electron chi connectivity index (χ1n) is 6.48. The molecule has 142 valence electrons. The summed E-state index contributed by atoms with van der Waals surface area (Å²) in [4.78, 5) is 42.9. The van der Waals surface area contributed by atoms with Crippen LogP contribution in [0.25, 0.3) is 5.69 Å². The van der Waals surface area contributed by atoms with Gasteiger partial charge in [0, 0.05) is 23.7 Å². The molecule has 0 atom stereocenters. The van der Waals surface area contributed by atoms with Crippen molar-refractivity contribution in [3.8, 4) is 5.69 Å². The number of ether oxygens (including phenoxy) is 1. The van der Waals surface area contributed by atoms with Crippen LogP contribution in [0.3, 0.4) is 0 Å². The molecule has 0 saturated heterocycles. The van der Waals surface area contributed by atoms with Crippen molar-refractivity contribution in [3.63, 3.8) is 0 Å². The van der Waals surface area contributed by atoms with Gasteiger partial charge in [0.15, 0.2) is 0 Å². The second-order valence-corrected chi connectivity index (χ2v) is 6.71. The number of rotatable bonds is 3. The van der Waals surface area contributed by atoms with Crippen LogP contribution in [0, 0.1) is 10.1 Å². The molecule has 1 aromatic carbocycles. The zero-order valence-corrected chi connectivity index (χ0v) is 15.8. The molecule has 14 heteroatoms. The Morgan fingerprint density at radius 3 is 2.12 bits per heavy atom. The molecule has 0 radical (unpaired) electrons. The van der Waals surface area contributed by atoms with Gasteiger partial charge >= 0.3 is 16.9 Å². The van der Waals surface area contributed by atoms with Crippen molar-refractivity contribution in [1.82, 2.24) is 9.31 Å². The third kappa shape index (κ3) is 5.77. The third-order valence-corrected chi connectivity index (χ3v) is 3.14. The fraction of sp³-hybridized carbons (Fsp3) is 0.250. The summed E-state index contributed by atoms with van der Waals surface area (Å²) < 4.78 is 7.35. The zero-order valence-electron chi connectivity index (χ0n) is 12.7. The Balaban J connectivity index is 0.000000487. The minimum Gasteiger partial charge on any atom is -0.454 e. The molecule has 0 saturated carbocycles. The number of nitro benzene ring substituents is 1. The molecule has 0 aliphatic heterocycles. The van der Waals surface area contributed by atoms with E-state index in [2.05, 4.69) is 9.26 Å². The largest absolute Gasteiger partial charge is 0.454 e. The number of nitrogens with zero attached hydrogens (tertiary/aromatic N) is 3. The summed E-state index contributed by atoms with van der Waals surface area (Å²) in [5.41, 5.74) is -1.88. The number of non-ortho nitro benzene ring substituents is 1. The molecule has 2 rings (SSSR count). The van der Waals surface area contributed by atoms with Crippen molar-refractivity contribution in [2.75, 3.05) is 6.61 Å². The summed E-state index contributed by atoms with van der Waals surface area (Å²) in [6.07, 6.45) is 0. The number of benzene rings is 1. The van der Waals surface area contributed by atoms with Gasteiger partial charge in [-0.15, -0.1) is 4.74 Å². The number of aromatic nitrogens is 2. The molecule has 0 unspecified atom stereocenters. The van der Waals surface area contributed by atoms with Crippen LogP contribution in [0.2, 0.25) is 0 Å². The zero-order chi connectivity index (χ0) is 20.1. The van der Waals surface area contributed by atoms with E-state index >= 15 is 0 Å². The van der Waals surface area contributed by atoms with Gasteiger partial charge in [-0.3, -0.25) is 10.1 Å². The lowest BCUT2D eigenvalue weighted by molar-refractivity contribution is -0.384. The van der Waals surface area contributed by atoms with Gasteiger partial charge in [0.1, 0.15) is 0 Å². The van der Waals surface area contributed by atoms with E-state index in [1.165, 1.54) is 12.1 Å². The highest BCUT2D eigenvalue weighted by atomic mass is 35.6. The molecule has 0 spiro atoms. The van der Waals surface area contributed by atoms with Crippen LogP contribution in [0.15, 0.2) is 38.4 Å². The number of alkyl halides is 3. The van der Waals surface area contributed by atoms with Gasteiger partial charge in [0.05, 0.1) is 17.2 Å². The minimum atomic E-state index is -2.30. The van der Waals surface area contributed by atoms with E-state index in [-0.39, 0.29) is 15.9 Å². The maximum atomic E-state index is 11.9. The Morgan fingerprint density at radius 1 is 1.27 bits per heavy atom. The SMILES string of the molecule is CCOC(=O)Cl.O=c1on(-c2ccc([N+](=O)[O-])cc2)c(=O)n1C(Cl)(Cl)Cl.